The first-order valence-corrected chi connectivity index (χ1v) is 5.69. The van der Waals surface area contributed by atoms with Gasteiger partial charge in [0, 0.05) is 5.56 Å². The van der Waals surface area contributed by atoms with Gasteiger partial charge in [-0.15, -0.1) is 11.6 Å². The molecule has 1 aromatic heterocycles. The first-order valence-electron chi connectivity index (χ1n) is 5.16. The Morgan fingerprint density at radius 1 is 1.37 bits per heavy atom. The fourth-order valence-corrected chi connectivity index (χ4v) is 1.53. The molecule has 5 nitrogen and oxygen atoms in total. The molecule has 0 saturated heterocycles. The van der Waals surface area contributed by atoms with Gasteiger partial charge in [-0.2, -0.15) is 13.8 Å². The highest BCUT2D eigenvalue weighted by Gasteiger charge is 2.14. The predicted molar refractivity (Wildman–Crippen MR) is 62.5 cm³/mol. The van der Waals surface area contributed by atoms with Crippen molar-refractivity contribution in [1.29, 1.82) is 0 Å². The Labute approximate surface area is 112 Å². The number of nitrogens with zero attached hydrogens (tertiary/aromatic N) is 2. The van der Waals surface area contributed by atoms with Gasteiger partial charge >= 0.3 is 6.61 Å². The molecule has 0 bridgehead atoms. The summed E-state index contributed by atoms with van der Waals surface area (Å²) in [4.78, 5) is 4.01. The number of hydrogen-bond donors (Lipinski definition) is 0. The fraction of sp³-hybridized carbons (Fsp3) is 0.273. The molecule has 1 heterocycles. The summed E-state index contributed by atoms with van der Waals surface area (Å²) in [6, 6.07) is 4.33. The number of benzene rings is 1. The van der Waals surface area contributed by atoms with Crippen molar-refractivity contribution in [3.63, 3.8) is 0 Å². The molecule has 2 aromatic rings. The van der Waals surface area contributed by atoms with Gasteiger partial charge in [0.1, 0.15) is 5.88 Å². The zero-order valence-electron chi connectivity index (χ0n) is 9.77. The third kappa shape index (κ3) is 3.11. The minimum atomic E-state index is -2.92. The number of halogens is 3. The second kappa shape index (κ2) is 5.83. The highest BCUT2D eigenvalue weighted by atomic mass is 35.5. The molecular weight excluding hydrogens is 282 g/mol. The minimum absolute atomic E-state index is 0.0673. The molecule has 0 fully saturated rings. The lowest BCUT2D eigenvalue weighted by Gasteiger charge is -2.10. The summed E-state index contributed by atoms with van der Waals surface area (Å²) in [5.74, 6) is 0.731. The minimum Gasteiger partial charge on any atom is -0.493 e. The van der Waals surface area contributed by atoms with Gasteiger partial charge in [0.15, 0.2) is 11.5 Å². The molecule has 0 spiro atoms. The average molecular weight is 291 g/mol. The van der Waals surface area contributed by atoms with E-state index in [1.165, 1.54) is 25.3 Å². The lowest BCUT2D eigenvalue weighted by atomic mass is 10.2. The van der Waals surface area contributed by atoms with Crippen molar-refractivity contribution >= 4 is 11.6 Å². The Kier molecular flexibility index (Phi) is 4.16. The van der Waals surface area contributed by atoms with Crippen molar-refractivity contribution in [2.45, 2.75) is 12.5 Å². The van der Waals surface area contributed by atoms with E-state index in [2.05, 4.69) is 14.9 Å². The monoisotopic (exact) mass is 290 g/mol. The van der Waals surface area contributed by atoms with Gasteiger partial charge < -0.3 is 14.0 Å². The molecule has 0 amide bonds. The van der Waals surface area contributed by atoms with Crippen molar-refractivity contribution < 1.29 is 22.8 Å². The maximum atomic E-state index is 12.2. The summed E-state index contributed by atoms with van der Waals surface area (Å²) in [6.45, 7) is -2.92. The van der Waals surface area contributed by atoms with Crippen molar-refractivity contribution in [2.24, 2.45) is 0 Å². The van der Waals surface area contributed by atoms with E-state index in [9.17, 15) is 8.78 Å². The molecule has 0 unspecified atom stereocenters. The molecule has 0 aliphatic heterocycles. The summed E-state index contributed by atoms with van der Waals surface area (Å²) in [7, 11) is 1.35. The van der Waals surface area contributed by atoms with Crippen LogP contribution in [0.5, 0.6) is 11.5 Å². The van der Waals surface area contributed by atoms with E-state index < -0.39 is 6.61 Å². The van der Waals surface area contributed by atoms with Gasteiger partial charge in [0.05, 0.1) is 7.11 Å². The van der Waals surface area contributed by atoms with Gasteiger partial charge in [0.25, 0.3) is 0 Å². The van der Waals surface area contributed by atoms with Gasteiger partial charge in [-0.3, -0.25) is 0 Å². The Bertz CT molecular complexity index is 563. The van der Waals surface area contributed by atoms with E-state index in [0.29, 0.717) is 5.56 Å². The summed E-state index contributed by atoms with van der Waals surface area (Å²) in [5.41, 5.74) is 0.540. The second-order valence-electron chi connectivity index (χ2n) is 3.39. The van der Waals surface area contributed by atoms with Gasteiger partial charge in [0.2, 0.25) is 11.7 Å². The van der Waals surface area contributed by atoms with E-state index in [4.69, 9.17) is 20.9 Å². The van der Waals surface area contributed by atoms with E-state index in [0.717, 1.165) is 0 Å². The molecule has 0 radical (unpaired) electrons. The van der Waals surface area contributed by atoms with Crippen LogP contribution < -0.4 is 9.47 Å². The quantitative estimate of drug-likeness (QED) is 0.792. The standard InChI is InChI=1S/C11H9ClF2N2O3/c1-17-8-4-6(2-3-7(8)18-11(13)14)10-15-9(5-12)19-16-10/h2-4,11H,5H2,1H3. The number of methoxy groups -OCH3 is 1. The van der Waals surface area contributed by atoms with E-state index in [1.807, 2.05) is 0 Å². The lowest BCUT2D eigenvalue weighted by Crippen LogP contribution is -2.03. The number of ether oxygens (including phenoxy) is 2. The van der Waals surface area contributed by atoms with Crippen LogP contribution >= 0.6 is 11.6 Å². The molecule has 102 valence electrons. The molecule has 8 heteroatoms. The molecular formula is C11H9ClF2N2O3. The Morgan fingerprint density at radius 3 is 2.74 bits per heavy atom. The SMILES string of the molecule is COc1cc(-c2noc(CCl)n2)ccc1OC(F)F. The third-order valence-electron chi connectivity index (χ3n) is 2.22. The van der Waals surface area contributed by atoms with Crippen molar-refractivity contribution in [3.05, 3.63) is 24.1 Å². The van der Waals surface area contributed by atoms with Crippen LogP contribution in [0.4, 0.5) is 8.78 Å². The van der Waals surface area contributed by atoms with Crippen molar-refractivity contribution in [3.8, 4) is 22.9 Å². The van der Waals surface area contributed by atoms with Crippen LogP contribution in [-0.4, -0.2) is 23.9 Å². The number of hydrogen-bond acceptors (Lipinski definition) is 5. The lowest BCUT2D eigenvalue weighted by molar-refractivity contribution is -0.0512. The van der Waals surface area contributed by atoms with E-state index in [1.54, 1.807) is 0 Å². The smallest absolute Gasteiger partial charge is 0.387 e. The van der Waals surface area contributed by atoms with E-state index >= 15 is 0 Å². The number of aromatic nitrogens is 2. The highest BCUT2D eigenvalue weighted by molar-refractivity contribution is 6.16. The zero-order valence-corrected chi connectivity index (χ0v) is 10.5. The largest absolute Gasteiger partial charge is 0.493 e. The third-order valence-corrected chi connectivity index (χ3v) is 2.45. The van der Waals surface area contributed by atoms with Crippen LogP contribution in [0.1, 0.15) is 5.89 Å². The van der Waals surface area contributed by atoms with Crippen LogP contribution in [0.15, 0.2) is 22.7 Å². The normalized spacial score (nSPS) is 10.8. The molecule has 1 aromatic carbocycles. The summed E-state index contributed by atoms with van der Waals surface area (Å²) >= 11 is 5.54. The summed E-state index contributed by atoms with van der Waals surface area (Å²) < 4.78 is 38.5. The molecule has 0 N–H and O–H groups in total. The first kappa shape index (κ1) is 13.5. The Balaban J connectivity index is 2.32. The number of alkyl halides is 3. The summed E-state index contributed by atoms with van der Waals surface area (Å²) in [6.07, 6.45) is 0. The Hall–Kier alpha value is -1.89. The van der Waals surface area contributed by atoms with E-state index in [-0.39, 0.29) is 29.1 Å². The van der Waals surface area contributed by atoms with Gasteiger partial charge in [-0.1, -0.05) is 5.16 Å². The Morgan fingerprint density at radius 2 is 2.16 bits per heavy atom. The molecule has 0 aliphatic rings. The molecule has 19 heavy (non-hydrogen) atoms. The fourth-order valence-electron chi connectivity index (χ4n) is 1.43. The summed E-state index contributed by atoms with van der Waals surface area (Å²) in [5, 5.41) is 3.71. The topological polar surface area (TPSA) is 57.4 Å². The molecule has 0 saturated carbocycles. The van der Waals surface area contributed by atoms with Crippen LogP contribution in [-0.2, 0) is 5.88 Å². The van der Waals surface area contributed by atoms with Gasteiger partial charge in [-0.05, 0) is 18.2 Å². The maximum absolute atomic E-state index is 12.2. The molecule has 0 aliphatic carbocycles. The predicted octanol–water partition coefficient (Wildman–Crippen LogP) is 3.09. The van der Waals surface area contributed by atoms with Crippen LogP contribution in [0.2, 0.25) is 0 Å². The van der Waals surface area contributed by atoms with Crippen LogP contribution in [0, 0.1) is 0 Å². The number of rotatable bonds is 5. The van der Waals surface area contributed by atoms with Crippen LogP contribution in [0.3, 0.4) is 0 Å². The van der Waals surface area contributed by atoms with Crippen molar-refractivity contribution in [1.82, 2.24) is 10.1 Å². The molecule has 0 atom stereocenters. The zero-order chi connectivity index (χ0) is 13.8. The molecule has 2 rings (SSSR count). The van der Waals surface area contributed by atoms with Crippen molar-refractivity contribution in [2.75, 3.05) is 7.11 Å². The first-order chi connectivity index (χ1) is 9.13. The average Bonchev–Trinajstić information content (AvgIpc) is 2.87. The maximum Gasteiger partial charge on any atom is 0.387 e. The van der Waals surface area contributed by atoms with Crippen LogP contribution in [0.25, 0.3) is 11.4 Å². The highest BCUT2D eigenvalue weighted by Crippen LogP contribution is 2.32. The second-order valence-corrected chi connectivity index (χ2v) is 3.66. The van der Waals surface area contributed by atoms with Gasteiger partial charge in [-0.25, -0.2) is 0 Å².